The van der Waals surface area contributed by atoms with E-state index in [2.05, 4.69) is 17.2 Å². The van der Waals surface area contributed by atoms with Crippen molar-refractivity contribution in [3.8, 4) is 28.7 Å². The quantitative estimate of drug-likeness (QED) is 0.127. The number of piperidine rings is 1. The molecule has 2 aromatic carbocycles. The van der Waals surface area contributed by atoms with E-state index in [0.717, 1.165) is 43.2 Å². The summed E-state index contributed by atoms with van der Waals surface area (Å²) in [5.41, 5.74) is 7.76. The Morgan fingerprint density at radius 1 is 1.02 bits per heavy atom. The average molecular weight is 720 g/mol. The summed E-state index contributed by atoms with van der Waals surface area (Å²) in [5.74, 6) is 0.253. The standard InChI is InChI=1S/C40H53N3O9/c1-24-20-39(11-4-5-12-39)40(22-37(46)47,21-26-10-13-42-36(41)15-26)35(43-24)23-51-34-17-27(16-33(50-3)38(34)48)31-19-28(44)18-29(52-31)8-6-25-7-9-30(45)32(14-25)49-2/h7,9-10,13-17,24,28-29,31,35,43-45,48H,4-6,8,11-12,18-23H2,1-3H3,(H2,41,42)(H,46,47). The number of phenols is 2. The Balaban J connectivity index is 1.26. The number of aryl methyl sites for hydroxylation is 1. The molecule has 12 heteroatoms. The van der Waals surface area contributed by atoms with Crippen molar-refractivity contribution in [3.63, 3.8) is 0 Å². The van der Waals surface area contributed by atoms with Gasteiger partial charge in [0, 0.05) is 30.1 Å². The van der Waals surface area contributed by atoms with Gasteiger partial charge in [-0.15, -0.1) is 0 Å². The number of benzene rings is 2. The highest BCUT2D eigenvalue weighted by Crippen LogP contribution is 2.61. The summed E-state index contributed by atoms with van der Waals surface area (Å²) < 4.78 is 23.9. The van der Waals surface area contributed by atoms with Gasteiger partial charge in [0.2, 0.25) is 5.75 Å². The molecular formula is C40H53N3O9. The second kappa shape index (κ2) is 15.8. The number of carboxylic acid groups (broad SMARTS) is 1. The molecule has 0 bridgehead atoms. The zero-order chi connectivity index (χ0) is 37.0. The van der Waals surface area contributed by atoms with Crippen LogP contribution in [0, 0.1) is 10.8 Å². The fraction of sp³-hybridized carbons (Fsp3) is 0.550. The van der Waals surface area contributed by atoms with Crippen LogP contribution in [0.5, 0.6) is 28.7 Å². The smallest absolute Gasteiger partial charge is 0.304 e. The highest BCUT2D eigenvalue weighted by atomic mass is 16.5. The number of aliphatic hydroxyl groups excluding tert-OH is 1. The van der Waals surface area contributed by atoms with Gasteiger partial charge in [-0.3, -0.25) is 4.79 Å². The fourth-order valence-electron chi connectivity index (χ4n) is 9.43. The Labute approximate surface area is 305 Å². The summed E-state index contributed by atoms with van der Waals surface area (Å²) in [6.45, 7) is 2.25. The summed E-state index contributed by atoms with van der Waals surface area (Å²) in [4.78, 5) is 16.9. The Morgan fingerprint density at radius 2 is 1.77 bits per heavy atom. The van der Waals surface area contributed by atoms with Crippen LogP contribution in [-0.4, -0.2) is 76.5 Å². The Morgan fingerprint density at radius 3 is 2.48 bits per heavy atom. The number of carbonyl (C=O) groups is 1. The number of nitrogens with one attached hydrogen (secondary N) is 1. The molecular weight excluding hydrogens is 666 g/mol. The van der Waals surface area contributed by atoms with Gasteiger partial charge in [0.25, 0.3) is 0 Å². The molecule has 282 valence electrons. The van der Waals surface area contributed by atoms with Gasteiger partial charge < -0.3 is 50.4 Å². The van der Waals surface area contributed by atoms with E-state index < -0.39 is 23.6 Å². The largest absolute Gasteiger partial charge is 0.504 e. The molecule has 52 heavy (non-hydrogen) atoms. The molecule has 1 aromatic heterocycles. The van der Waals surface area contributed by atoms with E-state index in [9.17, 15) is 25.2 Å². The van der Waals surface area contributed by atoms with E-state index in [1.807, 2.05) is 18.2 Å². The molecule has 3 fully saturated rings. The van der Waals surface area contributed by atoms with E-state index in [1.165, 1.54) is 14.2 Å². The Bertz CT molecular complexity index is 1710. The van der Waals surface area contributed by atoms with Crippen molar-refractivity contribution in [2.45, 2.75) is 108 Å². The second-order valence-electron chi connectivity index (χ2n) is 15.1. The van der Waals surface area contributed by atoms with E-state index in [-0.39, 0.29) is 59.6 Å². The minimum absolute atomic E-state index is 0.0512. The average Bonchev–Trinajstić information content (AvgIpc) is 3.58. The topological polar surface area (TPSA) is 186 Å². The number of aliphatic carboxylic acids is 1. The molecule has 3 heterocycles. The maximum absolute atomic E-state index is 12.7. The lowest BCUT2D eigenvalue weighted by Crippen LogP contribution is -2.65. The molecule has 2 aliphatic heterocycles. The zero-order valence-corrected chi connectivity index (χ0v) is 30.3. The van der Waals surface area contributed by atoms with Crippen LogP contribution in [0.2, 0.25) is 0 Å². The van der Waals surface area contributed by atoms with Gasteiger partial charge in [0.05, 0.1) is 39.0 Å². The van der Waals surface area contributed by atoms with Crippen molar-refractivity contribution in [2.75, 3.05) is 26.6 Å². The van der Waals surface area contributed by atoms with Crippen LogP contribution in [-0.2, 0) is 22.4 Å². The molecule has 12 nitrogen and oxygen atoms in total. The van der Waals surface area contributed by atoms with Crippen molar-refractivity contribution in [3.05, 3.63) is 65.4 Å². The summed E-state index contributed by atoms with van der Waals surface area (Å²) in [6.07, 6.45) is 7.71. The Hall–Kier alpha value is -4.26. The SMILES string of the molecule is COc1cc(CCC2CC(O)CC(c3cc(OC)c(O)c(OCC4NC(C)CC5(CCCC5)C4(CC(=O)O)Cc4ccnc(N)c4)c3)O2)ccc1O. The molecule has 0 radical (unpaired) electrons. The van der Waals surface area contributed by atoms with Crippen molar-refractivity contribution in [1.82, 2.24) is 10.3 Å². The lowest BCUT2D eigenvalue weighted by Gasteiger charge is -2.58. The Kier molecular flexibility index (Phi) is 11.4. The predicted molar refractivity (Wildman–Crippen MR) is 195 cm³/mol. The summed E-state index contributed by atoms with van der Waals surface area (Å²) in [5, 5.41) is 46.4. The van der Waals surface area contributed by atoms with Crippen LogP contribution in [0.25, 0.3) is 0 Å². The summed E-state index contributed by atoms with van der Waals surface area (Å²) >= 11 is 0. The summed E-state index contributed by atoms with van der Waals surface area (Å²) in [6, 6.07) is 12.2. The third-order valence-corrected chi connectivity index (χ3v) is 11.7. The normalized spacial score (nSPS) is 27.0. The van der Waals surface area contributed by atoms with Crippen LogP contribution in [0.1, 0.15) is 87.5 Å². The minimum atomic E-state index is -0.867. The molecule has 6 atom stereocenters. The first-order valence-corrected chi connectivity index (χ1v) is 18.4. The number of aromatic nitrogens is 1. The molecule has 1 spiro atoms. The highest BCUT2D eigenvalue weighted by molar-refractivity contribution is 5.68. The molecule has 3 aliphatic rings. The van der Waals surface area contributed by atoms with Gasteiger partial charge >= 0.3 is 5.97 Å². The molecule has 1 saturated carbocycles. The van der Waals surface area contributed by atoms with E-state index >= 15 is 0 Å². The van der Waals surface area contributed by atoms with Crippen LogP contribution < -0.4 is 25.3 Å². The lowest BCUT2D eigenvalue weighted by molar-refractivity contribution is -0.148. The van der Waals surface area contributed by atoms with Crippen molar-refractivity contribution in [2.24, 2.45) is 10.8 Å². The number of phenolic OH excluding ortho intramolecular Hbond substituents is 2. The van der Waals surface area contributed by atoms with Crippen LogP contribution >= 0.6 is 0 Å². The van der Waals surface area contributed by atoms with Gasteiger partial charge in [-0.05, 0) is 110 Å². The predicted octanol–water partition coefficient (Wildman–Crippen LogP) is 5.70. The number of nitrogens with two attached hydrogens (primary N) is 1. The molecule has 2 saturated heterocycles. The maximum atomic E-state index is 12.7. The number of ether oxygens (including phenoxy) is 4. The zero-order valence-electron chi connectivity index (χ0n) is 30.3. The van der Waals surface area contributed by atoms with E-state index in [1.54, 1.807) is 30.5 Å². The number of rotatable bonds is 13. The minimum Gasteiger partial charge on any atom is -0.504 e. The van der Waals surface area contributed by atoms with Crippen molar-refractivity contribution < 1.29 is 44.2 Å². The molecule has 6 unspecified atom stereocenters. The maximum Gasteiger partial charge on any atom is 0.304 e. The molecule has 1 aliphatic carbocycles. The van der Waals surface area contributed by atoms with Crippen LogP contribution in [0.3, 0.4) is 0 Å². The van der Waals surface area contributed by atoms with Crippen molar-refractivity contribution >= 4 is 11.8 Å². The lowest BCUT2D eigenvalue weighted by atomic mass is 9.51. The van der Waals surface area contributed by atoms with Gasteiger partial charge in [0.1, 0.15) is 12.4 Å². The number of nitrogens with zero attached hydrogens (tertiary/aromatic N) is 1. The molecule has 6 rings (SSSR count). The third kappa shape index (κ3) is 7.89. The van der Waals surface area contributed by atoms with E-state index in [0.29, 0.717) is 49.2 Å². The van der Waals surface area contributed by atoms with Crippen molar-refractivity contribution in [1.29, 1.82) is 0 Å². The highest BCUT2D eigenvalue weighted by Gasteiger charge is 2.60. The molecule has 3 aromatic rings. The van der Waals surface area contributed by atoms with Gasteiger partial charge in [0.15, 0.2) is 23.0 Å². The number of anilines is 1. The van der Waals surface area contributed by atoms with Gasteiger partial charge in [-0.1, -0.05) is 18.9 Å². The number of carboxylic acids is 1. The first kappa shape index (κ1) is 37.5. The number of nitrogen functional groups attached to an aromatic ring is 1. The third-order valence-electron chi connectivity index (χ3n) is 11.7. The second-order valence-corrected chi connectivity index (χ2v) is 15.1. The first-order chi connectivity index (χ1) is 24.9. The first-order valence-electron chi connectivity index (χ1n) is 18.4. The van der Waals surface area contributed by atoms with E-state index in [4.69, 9.17) is 24.7 Å². The number of aliphatic hydroxyl groups is 1. The monoisotopic (exact) mass is 719 g/mol. The van der Waals surface area contributed by atoms with Gasteiger partial charge in [-0.2, -0.15) is 0 Å². The molecule has 7 N–H and O–H groups in total. The number of pyridine rings is 1. The number of hydrogen-bond donors (Lipinski definition) is 6. The van der Waals surface area contributed by atoms with Gasteiger partial charge in [-0.25, -0.2) is 4.98 Å². The number of aromatic hydroxyl groups is 2. The molecule has 0 amide bonds. The number of hydrogen-bond acceptors (Lipinski definition) is 11. The fourth-order valence-corrected chi connectivity index (χ4v) is 9.43. The van der Waals surface area contributed by atoms with Crippen LogP contribution in [0.4, 0.5) is 5.82 Å². The van der Waals surface area contributed by atoms with Crippen LogP contribution in [0.15, 0.2) is 48.7 Å². The number of methoxy groups -OCH3 is 2. The summed E-state index contributed by atoms with van der Waals surface area (Å²) in [7, 11) is 2.98.